The normalized spacial score (nSPS) is 12.0. The molecule has 2 aromatic rings. The van der Waals surface area contributed by atoms with Crippen LogP contribution >= 0.6 is 23.1 Å². The molecule has 1 aromatic heterocycles. The Balaban J connectivity index is 2.38. The first-order chi connectivity index (χ1) is 9.81. The van der Waals surface area contributed by atoms with Gasteiger partial charge in [-0.1, -0.05) is 37.3 Å². The van der Waals surface area contributed by atoms with Crippen LogP contribution in [0.5, 0.6) is 0 Å². The molecule has 0 atom stereocenters. The Morgan fingerprint density at radius 2 is 1.86 bits per heavy atom. The van der Waals surface area contributed by atoms with Crippen molar-refractivity contribution < 1.29 is 13.2 Å². The highest BCUT2D eigenvalue weighted by Crippen LogP contribution is 2.40. The maximum atomic E-state index is 12.6. The second-order valence-electron chi connectivity index (χ2n) is 4.54. The minimum atomic E-state index is -4.33. The fourth-order valence-corrected chi connectivity index (χ4v) is 4.00. The van der Waals surface area contributed by atoms with Gasteiger partial charge in [0.15, 0.2) is 5.13 Å². The molecule has 0 bridgehead atoms. The molecule has 2 rings (SSSR count). The van der Waals surface area contributed by atoms with Crippen LogP contribution in [0.1, 0.15) is 19.4 Å². The predicted molar refractivity (Wildman–Crippen MR) is 81.4 cm³/mol. The van der Waals surface area contributed by atoms with Crippen molar-refractivity contribution in [3.8, 4) is 11.3 Å². The summed E-state index contributed by atoms with van der Waals surface area (Å²) in [5.74, 6) is 5.36. The van der Waals surface area contributed by atoms with Crippen LogP contribution in [0, 0.1) is 0 Å². The van der Waals surface area contributed by atoms with Crippen LogP contribution < -0.4 is 11.3 Å². The standard InChI is InChI=1S/C13H14F3N3S2/c1-7(2)20-11-10(18-12(19-17)21-11)8-3-5-9(6-4-8)13(14,15)16/h3-7H,17H2,1-2H3,(H,18,19). The van der Waals surface area contributed by atoms with Crippen LogP contribution in [0.25, 0.3) is 11.3 Å². The largest absolute Gasteiger partial charge is 0.416 e. The fraction of sp³-hybridized carbons (Fsp3) is 0.308. The van der Waals surface area contributed by atoms with Crippen molar-refractivity contribution in [2.75, 3.05) is 5.43 Å². The number of thiazole rings is 1. The van der Waals surface area contributed by atoms with E-state index < -0.39 is 11.7 Å². The Bertz CT molecular complexity index is 606. The van der Waals surface area contributed by atoms with Gasteiger partial charge in [0.25, 0.3) is 0 Å². The monoisotopic (exact) mass is 333 g/mol. The Labute approximate surface area is 128 Å². The first kappa shape index (κ1) is 16.1. The maximum absolute atomic E-state index is 12.6. The second-order valence-corrected chi connectivity index (χ2v) is 7.39. The average Bonchev–Trinajstić information content (AvgIpc) is 2.80. The number of nitrogens with one attached hydrogen (secondary N) is 1. The van der Waals surface area contributed by atoms with Gasteiger partial charge in [0.2, 0.25) is 0 Å². The summed E-state index contributed by atoms with van der Waals surface area (Å²) in [7, 11) is 0. The molecule has 3 nitrogen and oxygen atoms in total. The van der Waals surface area contributed by atoms with E-state index in [2.05, 4.69) is 10.4 Å². The van der Waals surface area contributed by atoms with Crippen molar-refractivity contribution in [2.45, 2.75) is 29.5 Å². The molecule has 1 heterocycles. The highest BCUT2D eigenvalue weighted by molar-refractivity contribution is 8.01. The molecule has 0 aliphatic heterocycles. The molecule has 21 heavy (non-hydrogen) atoms. The number of hydrogen-bond acceptors (Lipinski definition) is 5. The summed E-state index contributed by atoms with van der Waals surface area (Å²) in [6, 6.07) is 4.99. The summed E-state index contributed by atoms with van der Waals surface area (Å²) in [6.45, 7) is 4.08. The Hall–Kier alpha value is -1.25. The molecule has 8 heteroatoms. The minimum absolute atomic E-state index is 0.337. The third kappa shape index (κ3) is 3.90. The molecule has 0 aliphatic carbocycles. The Morgan fingerprint density at radius 1 is 1.24 bits per heavy atom. The average molecular weight is 333 g/mol. The molecule has 114 valence electrons. The first-order valence-corrected chi connectivity index (χ1v) is 7.82. The summed E-state index contributed by atoms with van der Waals surface area (Å²) >= 11 is 2.99. The topological polar surface area (TPSA) is 50.9 Å². The van der Waals surface area contributed by atoms with Gasteiger partial charge < -0.3 is 0 Å². The van der Waals surface area contributed by atoms with E-state index >= 15 is 0 Å². The van der Waals surface area contributed by atoms with E-state index in [0.29, 0.717) is 21.6 Å². The van der Waals surface area contributed by atoms with Gasteiger partial charge in [0.05, 0.1) is 15.5 Å². The zero-order valence-corrected chi connectivity index (χ0v) is 13.0. The number of hydrazine groups is 1. The molecule has 0 saturated carbocycles. The molecule has 3 N–H and O–H groups in total. The molecule has 0 radical (unpaired) electrons. The SMILES string of the molecule is CC(C)Sc1sc(NN)nc1-c1ccc(C(F)(F)F)cc1. The number of nitrogens with zero attached hydrogens (tertiary/aromatic N) is 1. The molecule has 1 aromatic carbocycles. The molecular weight excluding hydrogens is 319 g/mol. The number of hydrogen-bond donors (Lipinski definition) is 2. The van der Waals surface area contributed by atoms with Crippen molar-refractivity contribution in [1.29, 1.82) is 0 Å². The van der Waals surface area contributed by atoms with E-state index in [1.54, 1.807) is 11.8 Å². The van der Waals surface area contributed by atoms with Crippen molar-refractivity contribution in [3.63, 3.8) is 0 Å². The van der Waals surface area contributed by atoms with Gasteiger partial charge in [-0.15, -0.1) is 11.8 Å². The van der Waals surface area contributed by atoms with E-state index in [0.717, 1.165) is 16.3 Å². The number of rotatable bonds is 4. The third-order valence-electron chi connectivity index (χ3n) is 2.55. The minimum Gasteiger partial charge on any atom is -0.300 e. The molecular formula is C13H14F3N3S2. The number of alkyl halides is 3. The Kier molecular flexibility index (Phi) is 4.80. The van der Waals surface area contributed by atoms with E-state index in [-0.39, 0.29) is 0 Å². The lowest BCUT2D eigenvalue weighted by Gasteiger charge is -2.08. The lowest BCUT2D eigenvalue weighted by Crippen LogP contribution is -2.05. The van der Waals surface area contributed by atoms with Gasteiger partial charge in [-0.25, -0.2) is 10.8 Å². The van der Waals surface area contributed by atoms with Crippen LogP contribution in [0.2, 0.25) is 0 Å². The zero-order valence-electron chi connectivity index (χ0n) is 11.4. The second kappa shape index (κ2) is 6.25. The number of halogens is 3. The summed E-state index contributed by atoms with van der Waals surface area (Å²) in [5, 5.41) is 0.873. The van der Waals surface area contributed by atoms with Gasteiger partial charge in [0, 0.05) is 10.8 Å². The molecule has 0 fully saturated rings. The highest BCUT2D eigenvalue weighted by atomic mass is 32.2. The summed E-state index contributed by atoms with van der Waals surface area (Å²) in [4.78, 5) is 4.32. The number of benzene rings is 1. The zero-order chi connectivity index (χ0) is 15.6. The quantitative estimate of drug-likeness (QED) is 0.487. The van der Waals surface area contributed by atoms with Crippen LogP contribution in [0.4, 0.5) is 18.3 Å². The number of aromatic nitrogens is 1. The number of anilines is 1. The summed E-state index contributed by atoms with van der Waals surface area (Å²) < 4.78 is 38.7. The van der Waals surface area contributed by atoms with Gasteiger partial charge >= 0.3 is 6.18 Å². The van der Waals surface area contributed by atoms with E-state index in [1.165, 1.54) is 23.5 Å². The van der Waals surface area contributed by atoms with E-state index in [4.69, 9.17) is 5.84 Å². The van der Waals surface area contributed by atoms with Crippen molar-refractivity contribution in [1.82, 2.24) is 4.98 Å². The molecule has 0 unspecified atom stereocenters. The van der Waals surface area contributed by atoms with Gasteiger partial charge in [-0.3, -0.25) is 5.43 Å². The van der Waals surface area contributed by atoms with Crippen molar-refractivity contribution in [2.24, 2.45) is 5.84 Å². The van der Waals surface area contributed by atoms with Gasteiger partial charge in [-0.05, 0) is 12.1 Å². The smallest absolute Gasteiger partial charge is 0.300 e. The summed E-state index contributed by atoms with van der Waals surface area (Å²) in [6.07, 6.45) is -4.33. The number of nitrogen functional groups attached to an aromatic ring is 1. The van der Waals surface area contributed by atoms with Crippen LogP contribution in [-0.2, 0) is 6.18 Å². The van der Waals surface area contributed by atoms with Gasteiger partial charge in [0.1, 0.15) is 0 Å². The van der Waals surface area contributed by atoms with E-state index in [1.807, 2.05) is 13.8 Å². The first-order valence-electron chi connectivity index (χ1n) is 6.13. The lowest BCUT2D eigenvalue weighted by molar-refractivity contribution is -0.137. The molecule has 0 saturated heterocycles. The molecule has 0 aliphatic rings. The van der Waals surface area contributed by atoms with E-state index in [9.17, 15) is 13.2 Å². The molecule has 0 amide bonds. The highest BCUT2D eigenvalue weighted by Gasteiger charge is 2.30. The Morgan fingerprint density at radius 3 is 2.33 bits per heavy atom. The van der Waals surface area contributed by atoms with Crippen LogP contribution in [0.3, 0.4) is 0 Å². The predicted octanol–water partition coefficient (Wildman–Crippen LogP) is 4.62. The maximum Gasteiger partial charge on any atom is 0.416 e. The van der Waals surface area contributed by atoms with Crippen LogP contribution in [0.15, 0.2) is 28.5 Å². The van der Waals surface area contributed by atoms with Crippen LogP contribution in [-0.4, -0.2) is 10.2 Å². The number of thioether (sulfide) groups is 1. The lowest BCUT2D eigenvalue weighted by atomic mass is 10.1. The van der Waals surface area contributed by atoms with Crippen molar-refractivity contribution in [3.05, 3.63) is 29.8 Å². The van der Waals surface area contributed by atoms with Gasteiger partial charge in [-0.2, -0.15) is 13.2 Å². The third-order valence-corrected chi connectivity index (χ3v) is 4.75. The fourth-order valence-electron chi connectivity index (χ4n) is 1.66. The summed E-state index contributed by atoms with van der Waals surface area (Å²) in [5.41, 5.74) is 3.11. The van der Waals surface area contributed by atoms with Crippen molar-refractivity contribution >= 4 is 28.2 Å². The number of nitrogens with two attached hydrogens (primary N) is 1. The molecule has 0 spiro atoms.